The van der Waals surface area contributed by atoms with Gasteiger partial charge in [-0.3, -0.25) is 4.79 Å². The van der Waals surface area contributed by atoms with Crippen molar-refractivity contribution in [3.05, 3.63) is 47.5 Å². The Hall–Kier alpha value is -2.08. The molecule has 0 saturated carbocycles. The second kappa shape index (κ2) is 6.02. The van der Waals surface area contributed by atoms with Crippen LogP contribution in [-0.2, 0) is 11.3 Å². The van der Waals surface area contributed by atoms with Crippen molar-refractivity contribution in [2.75, 3.05) is 0 Å². The van der Waals surface area contributed by atoms with E-state index in [1.807, 2.05) is 12.1 Å². The third kappa shape index (κ3) is 3.46. The molecule has 1 aromatic rings. The van der Waals surface area contributed by atoms with E-state index in [2.05, 4.69) is 23.5 Å². The van der Waals surface area contributed by atoms with Gasteiger partial charge in [0.15, 0.2) is 0 Å². The fourth-order valence-corrected chi connectivity index (χ4v) is 2.13. The van der Waals surface area contributed by atoms with E-state index in [9.17, 15) is 4.79 Å². The Balaban J connectivity index is 1.81. The zero-order chi connectivity index (χ0) is 12.8. The van der Waals surface area contributed by atoms with Crippen LogP contribution in [0.5, 0.6) is 0 Å². The summed E-state index contributed by atoms with van der Waals surface area (Å²) in [5, 5.41) is 11.7. The van der Waals surface area contributed by atoms with E-state index >= 15 is 0 Å². The fraction of sp³-hybridized carbons (Fsp3) is 0.333. The summed E-state index contributed by atoms with van der Waals surface area (Å²) < 4.78 is 0. The molecule has 3 heteroatoms. The Morgan fingerprint density at radius 2 is 2.39 bits per heavy atom. The number of carbonyl (C=O) groups is 1. The zero-order valence-electron chi connectivity index (χ0n) is 10.2. The van der Waals surface area contributed by atoms with Crippen molar-refractivity contribution in [1.29, 1.82) is 5.26 Å². The van der Waals surface area contributed by atoms with E-state index in [0.29, 0.717) is 24.4 Å². The van der Waals surface area contributed by atoms with Crippen LogP contribution < -0.4 is 5.32 Å². The molecule has 1 unspecified atom stereocenters. The molecule has 0 heterocycles. The molecule has 92 valence electrons. The molecule has 0 spiro atoms. The average molecular weight is 240 g/mol. The normalized spacial score (nSPS) is 17.4. The predicted molar refractivity (Wildman–Crippen MR) is 69.5 cm³/mol. The minimum absolute atomic E-state index is 0.0777. The van der Waals surface area contributed by atoms with Crippen LogP contribution in [0.15, 0.2) is 36.4 Å². The number of nitrogens with one attached hydrogen (secondary N) is 1. The minimum atomic E-state index is 0.0777. The number of nitrogens with zero attached hydrogens (tertiary/aromatic N) is 1. The van der Waals surface area contributed by atoms with Gasteiger partial charge >= 0.3 is 0 Å². The highest BCUT2D eigenvalue weighted by atomic mass is 16.1. The Bertz CT molecular complexity index is 499. The van der Waals surface area contributed by atoms with Gasteiger partial charge < -0.3 is 5.32 Å². The summed E-state index contributed by atoms with van der Waals surface area (Å²) in [4.78, 5) is 11.7. The molecule has 0 aromatic heterocycles. The van der Waals surface area contributed by atoms with Crippen molar-refractivity contribution in [1.82, 2.24) is 5.32 Å². The maximum absolute atomic E-state index is 11.7. The lowest BCUT2D eigenvalue weighted by Crippen LogP contribution is -2.24. The van der Waals surface area contributed by atoms with Crippen molar-refractivity contribution in [3.8, 4) is 6.07 Å². The summed E-state index contributed by atoms with van der Waals surface area (Å²) in [7, 11) is 0. The Morgan fingerprint density at radius 1 is 1.50 bits per heavy atom. The van der Waals surface area contributed by atoms with Crippen LogP contribution in [-0.4, -0.2) is 5.91 Å². The van der Waals surface area contributed by atoms with Gasteiger partial charge in [0, 0.05) is 13.0 Å². The molecule has 1 aromatic carbocycles. The van der Waals surface area contributed by atoms with Crippen LogP contribution >= 0.6 is 0 Å². The van der Waals surface area contributed by atoms with Crippen LogP contribution in [0.1, 0.15) is 30.4 Å². The lowest BCUT2D eigenvalue weighted by Gasteiger charge is -2.08. The first-order valence-corrected chi connectivity index (χ1v) is 6.20. The van der Waals surface area contributed by atoms with E-state index in [1.54, 1.807) is 12.1 Å². The topological polar surface area (TPSA) is 52.9 Å². The van der Waals surface area contributed by atoms with E-state index in [-0.39, 0.29) is 5.91 Å². The average Bonchev–Trinajstić information content (AvgIpc) is 2.89. The lowest BCUT2D eigenvalue weighted by atomic mass is 10.0. The molecule has 18 heavy (non-hydrogen) atoms. The van der Waals surface area contributed by atoms with Gasteiger partial charge in [-0.2, -0.15) is 5.26 Å². The quantitative estimate of drug-likeness (QED) is 0.822. The van der Waals surface area contributed by atoms with Crippen LogP contribution in [0.4, 0.5) is 0 Å². The molecule has 1 amide bonds. The highest BCUT2D eigenvalue weighted by molar-refractivity contribution is 5.76. The molecule has 0 aliphatic heterocycles. The van der Waals surface area contributed by atoms with Crippen LogP contribution in [0.3, 0.4) is 0 Å². The SMILES string of the molecule is N#Cc1cccc(CNC(=O)CC2C=CCC2)c1. The molecule has 1 N–H and O–H groups in total. The summed E-state index contributed by atoms with van der Waals surface area (Å²) in [6, 6.07) is 9.40. The van der Waals surface area contributed by atoms with Gasteiger partial charge in [-0.1, -0.05) is 24.3 Å². The van der Waals surface area contributed by atoms with E-state index in [0.717, 1.165) is 18.4 Å². The van der Waals surface area contributed by atoms with Crippen molar-refractivity contribution in [2.45, 2.75) is 25.8 Å². The second-order valence-corrected chi connectivity index (χ2v) is 4.56. The summed E-state index contributed by atoms with van der Waals surface area (Å²) in [6.45, 7) is 0.491. The molecular formula is C15H16N2O. The summed E-state index contributed by atoms with van der Waals surface area (Å²) in [6.07, 6.45) is 6.98. The number of nitriles is 1. The number of hydrogen-bond acceptors (Lipinski definition) is 2. The smallest absolute Gasteiger partial charge is 0.220 e. The Morgan fingerprint density at radius 3 is 3.11 bits per heavy atom. The predicted octanol–water partition coefficient (Wildman–Crippen LogP) is 2.53. The van der Waals surface area contributed by atoms with Crippen molar-refractivity contribution < 1.29 is 4.79 Å². The molecule has 2 rings (SSSR count). The maximum Gasteiger partial charge on any atom is 0.220 e. The third-order valence-electron chi connectivity index (χ3n) is 3.11. The first-order chi connectivity index (χ1) is 8.78. The summed E-state index contributed by atoms with van der Waals surface area (Å²) in [5.74, 6) is 0.476. The van der Waals surface area contributed by atoms with Crippen molar-refractivity contribution in [2.24, 2.45) is 5.92 Å². The van der Waals surface area contributed by atoms with Gasteiger partial charge in [-0.05, 0) is 36.5 Å². The number of rotatable bonds is 4. The molecule has 0 fully saturated rings. The standard InChI is InChI=1S/C15H16N2O/c16-10-13-6-3-7-14(8-13)11-17-15(18)9-12-4-1-2-5-12/h1,3-4,6-8,12H,2,5,9,11H2,(H,17,18). The molecular weight excluding hydrogens is 224 g/mol. The highest BCUT2D eigenvalue weighted by Gasteiger charge is 2.13. The summed E-state index contributed by atoms with van der Waals surface area (Å²) in [5.41, 5.74) is 1.59. The van der Waals surface area contributed by atoms with Crippen LogP contribution in [0.25, 0.3) is 0 Å². The van der Waals surface area contributed by atoms with E-state index in [1.165, 1.54) is 0 Å². The van der Waals surface area contributed by atoms with E-state index in [4.69, 9.17) is 5.26 Å². The van der Waals surface area contributed by atoms with Gasteiger partial charge in [0.25, 0.3) is 0 Å². The second-order valence-electron chi connectivity index (χ2n) is 4.56. The van der Waals surface area contributed by atoms with Gasteiger partial charge in [0.2, 0.25) is 5.91 Å². The Kier molecular flexibility index (Phi) is 4.14. The highest BCUT2D eigenvalue weighted by Crippen LogP contribution is 2.20. The molecule has 0 bridgehead atoms. The number of allylic oxidation sites excluding steroid dienone is 2. The Labute approximate surface area is 107 Å². The molecule has 1 aliphatic carbocycles. The van der Waals surface area contributed by atoms with Crippen molar-refractivity contribution >= 4 is 5.91 Å². The first kappa shape index (κ1) is 12.4. The van der Waals surface area contributed by atoms with Gasteiger partial charge in [-0.25, -0.2) is 0 Å². The van der Waals surface area contributed by atoms with Gasteiger partial charge in [0.05, 0.1) is 11.6 Å². The third-order valence-corrected chi connectivity index (χ3v) is 3.11. The van der Waals surface area contributed by atoms with Crippen LogP contribution in [0.2, 0.25) is 0 Å². The summed E-state index contributed by atoms with van der Waals surface area (Å²) >= 11 is 0. The van der Waals surface area contributed by atoms with E-state index < -0.39 is 0 Å². The maximum atomic E-state index is 11.7. The molecule has 0 saturated heterocycles. The fourth-order valence-electron chi connectivity index (χ4n) is 2.13. The molecule has 3 nitrogen and oxygen atoms in total. The number of hydrogen-bond donors (Lipinski definition) is 1. The van der Waals surface area contributed by atoms with Crippen molar-refractivity contribution in [3.63, 3.8) is 0 Å². The molecule has 1 aliphatic rings. The first-order valence-electron chi connectivity index (χ1n) is 6.20. The van der Waals surface area contributed by atoms with Gasteiger partial charge in [0.1, 0.15) is 0 Å². The minimum Gasteiger partial charge on any atom is -0.352 e. The van der Waals surface area contributed by atoms with Crippen LogP contribution in [0, 0.1) is 17.2 Å². The molecule has 0 radical (unpaired) electrons. The van der Waals surface area contributed by atoms with Gasteiger partial charge in [-0.15, -0.1) is 0 Å². The number of benzene rings is 1. The molecule has 1 atom stereocenters. The number of carbonyl (C=O) groups excluding carboxylic acids is 1. The zero-order valence-corrected chi connectivity index (χ0v) is 10.2. The lowest BCUT2D eigenvalue weighted by molar-refractivity contribution is -0.121. The monoisotopic (exact) mass is 240 g/mol. The number of amides is 1. The largest absolute Gasteiger partial charge is 0.352 e.